The molecular weight excluding hydrogens is 997 g/mol. The van der Waals surface area contributed by atoms with E-state index in [9.17, 15) is 0 Å². The van der Waals surface area contributed by atoms with Gasteiger partial charge in [0.25, 0.3) is 0 Å². The van der Waals surface area contributed by atoms with Crippen molar-refractivity contribution in [2.24, 2.45) is 0 Å². The Hall–Kier alpha value is -10.1. The molecule has 0 atom stereocenters. The summed E-state index contributed by atoms with van der Waals surface area (Å²) >= 11 is 1.86. The molecule has 1 heterocycles. The van der Waals surface area contributed by atoms with E-state index in [1.807, 2.05) is 11.3 Å². The molecule has 0 aliphatic rings. The van der Waals surface area contributed by atoms with Crippen molar-refractivity contribution in [2.45, 2.75) is 13.8 Å². The largest absolute Gasteiger partial charge is 0.310 e. The SMILES string of the molecule is Cc1cc(N(c2ccc(-c3ccc(-c4ccc5sc6ccccc6c5c4)cc3)cc2)c2ccc(-c3ccc4c5ccccc5c5ccccc5c4c3)cc2)ccc1-c1ccc(N(c2ccccc2)c2cccc3ccccc23)cc1C. The van der Waals surface area contributed by atoms with Crippen LogP contribution in [0.5, 0.6) is 0 Å². The van der Waals surface area contributed by atoms with Crippen LogP contribution in [0.2, 0.25) is 0 Å². The maximum absolute atomic E-state index is 2.40. The Balaban J connectivity index is 0.783. The molecule has 0 saturated carbocycles. The molecule has 1 aromatic heterocycles. The second-order valence-electron chi connectivity index (χ2n) is 21.3. The summed E-state index contributed by atoms with van der Waals surface area (Å²) in [6.07, 6.45) is 0. The topological polar surface area (TPSA) is 6.48 Å². The quantitative estimate of drug-likeness (QED) is 0.126. The third-order valence-corrected chi connectivity index (χ3v) is 17.7. The number of hydrogen-bond acceptors (Lipinski definition) is 3. The number of thiophene rings is 1. The lowest BCUT2D eigenvalue weighted by atomic mass is 9.92. The Morgan fingerprint density at radius 2 is 0.630 bits per heavy atom. The van der Waals surface area contributed by atoms with Gasteiger partial charge in [-0.1, -0.05) is 200 Å². The molecule has 15 rings (SSSR count). The fourth-order valence-corrected chi connectivity index (χ4v) is 13.6. The fraction of sp³-hybridized carbons (Fsp3) is 0.0256. The van der Waals surface area contributed by atoms with Crippen LogP contribution >= 0.6 is 11.3 Å². The third kappa shape index (κ3) is 8.58. The Labute approximate surface area is 476 Å². The summed E-state index contributed by atoms with van der Waals surface area (Å²) < 4.78 is 2.65. The highest BCUT2D eigenvalue weighted by molar-refractivity contribution is 7.25. The van der Waals surface area contributed by atoms with Crippen molar-refractivity contribution in [3.63, 3.8) is 0 Å². The number of aryl methyl sites for hydroxylation is 2. The number of para-hydroxylation sites is 1. The molecule has 0 radical (unpaired) electrons. The zero-order valence-electron chi connectivity index (χ0n) is 45.0. The summed E-state index contributed by atoms with van der Waals surface area (Å²) in [4.78, 5) is 4.78. The molecule has 0 unspecified atom stereocenters. The lowest BCUT2D eigenvalue weighted by molar-refractivity contribution is 1.26. The number of hydrogen-bond donors (Lipinski definition) is 0. The van der Waals surface area contributed by atoms with Gasteiger partial charge in [-0.15, -0.1) is 11.3 Å². The first-order valence-electron chi connectivity index (χ1n) is 27.9. The van der Waals surface area contributed by atoms with Gasteiger partial charge >= 0.3 is 0 Å². The molecular formula is C78H54N2S. The van der Waals surface area contributed by atoms with Crippen molar-refractivity contribution in [3.05, 3.63) is 302 Å². The summed E-state index contributed by atoms with van der Waals surface area (Å²) in [7, 11) is 0. The highest BCUT2D eigenvalue weighted by Crippen LogP contribution is 2.44. The van der Waals surface area contributed by atoms with E-state index in [4.69, 9.17) is 0 Å². The number of rotatable bonds is 10. The molecule has 0 amide bonds. The molecule has 3 heteroatoms. The van der Waals surface area contributed by atoms with E-state index in [2.05, 4.69) is 315 Å². The first-order chi connectivity index (χ1) is 40.0. The molecule has 0 aliphatic heterocycles. The number of nitrogens with zero attached hydrogens (tertiary/aromatic N) is 2. The highest BCUT2D eigenvalue weighted by atomic mass is 32.1. The molecule has 0 bridgehead atoms. The monoisotopic (exact) mass is 1050 g/mol. The number of benzene rings is 14. The minimum atomic E-state index is 1.09. The van der Waals surface area contributed by atoms with Gasteiger partial charge in [-0.2, -0.15) is 0 Å². The fourth-order valence-electron chi connectivity index (χ4n) is 12.5. The van der Waals surface area contributed by atoms with Crippen LogP contribution in [-0.2, 0) is 0 Å². The summed E-state index contributed by atoms with van der Waals surface area (Å²) in [6, 6.07) is 107. The van der Waals surface area contributed by atoms with Crippen molar-refractivity contribution in [2.75, 3.05) is 9.80 Å². The lowest BCUT2D eigenvalue weighted by Gasteiger charge is -2.28. The maximum Gasteiger partial charge on any atom is 0.0540 e. The normalized spacial score (nSPS) is 11.6. The van der Waals surface area contributed by atoms with E-state index < -0.39 is 0 Å². The smallest absolute Gasteiger partial charge is 0.0540 e. The van der Waals surface area contributed by atoms with Crippen LogP contribution in [0.15, 0.2) is 291 Å². The Bertz CT molecular complexity index is 4840. The van der Waals surface area contributed by atoms with Gasteiger partial charge in [0.1, 0.15) is 0 Å². The molecule has 0 fully saturated rings. The van der Waals surface area contributed by atoms with E-state index >= 15 is 0 Å². The van der Waals surface area contributed by atoms with Crippen molar-refractivity contribution >= 4 is 109 Å². The van der Waals surface area contributed by atoms with Crippen molar-refractivity contribution in [1.82, 2.24) is 0 Å². The van der Waals surface area contributed by atoms with Gasteiger partial charge in [-0.3, -0.25) is 0 Å². The van der Waals surface area contributed by atoms with Gasteiger partial charge in [0, 0.05) is 54.0 Å². The van der Waals surface area contributed by atoms with E-state index in [-0.39, 0.29) is 0 Å². The minimum absolute atomic E-state index is 1.09. The summed E-state index contributed by atoms with van der Waals surface area (Å²) in [5.41, 5.74) is 18.7. The van der Waals surface area contributed by atoms with Gasteiger partial charge in [0.05, 0.1) is 5.69 Å². The van der Waals surface area contributed by atoms with Gasteiger partial charge < -0.3 is 9.80 Å². The van der Waals surface area contributed by atoms with E-state index in [1.54, 1.807) is 0 Å². The highest BCUT2D eigenvalue weighted by Gasteiger charge is 2.20. The van der Waals surface area contributed by atoms with Crippen LogP contribution in [0.1, 0.15) is 11.1 Å². The first-order valence-corrected chi connectivity index (χ1v) is 28.7. The van der Waals surface area contributed by atoms with Crippen molar-refractivity contribution in [1.29, 1.82) is 0 Å². The molecule has 0 spiro atoms. The summed E-state index contributed by atoms with van der Waals surface area (Å²) in [5, 5.41) is 12.8. The molecule has 2 nitrogen and oxygen atoms in total. The Kier molecular flexibility index (Phi) is 11.9. The standard InChI is InChI=1S/C78H54N2S/c1-51-47-63(41-44-65(51)66-45-42-64(48-52(66)2)80(60-17-4-3-5-18-60)76-25-14-16-57-15-6-7-19-67(57)76)79(62-39-33-56(34-40-62)58-35-43-72-70-22-9-8-20-68(70)69-21-10-11-23-71(69)74(72)49-58)61-37-31-54(32-38-61)53-27-29-55(30-28-53)59-36-46-78-75(50-59)73-24-12-13-26-77(73)81-78/h3-50H,1-2H3. The van der Waals surface area contributed by atoms with Gasteiger partial charge in [-0.05, 0) is 198 Å². The molecule has 382 valence electrons. The second kappa shape index (κ2) is 20.0. The minimum Gasteiger partial charge on any atom is -0.310 e. The molecule has 14 aromatic carbocycles. The van der Waals surface area contributed by atoms with Crippen molar-refractivity contribution in [3.8, 4) is 44.5 Å². The number of fused-ring (bicyclic) bond motifs is 10. The van der Waals surface area contributed by atoms with Crippen LogP contribution < -0.4 is 9.80 Å². The van der Waals surface area contributed by atoms with Gasteiger partial charge in [-0.25, -0.2) is 0 Å². The molecule has 0 aliphatic carbocycles. The number of anilines is 6. The van der Waals surface area contributed by atoms with Crippen LogP contribution in [0.3, 0.4) is 0 Å². The lowest BCUT2D eigenvalue weighted by Crippen LogP contribution is -2.11. The van der Waals surface area contributed by atoms with Crippen LogP contribution in [0.25, 0.3) is 108 Å². The zero-order chi connectivity index (χ0) is 54.0. The molecule has 0 N–H and O–H groups in total. The Morgan fingerprint density at radius 3 is 1.22 bits per heavy atom. The maximum atomic E-state index is 2.40. The molecule has 81 heavy (non-hydrogen) atoms. The zero-order valence-corrected chi connectivity index (χ0v) is 45.8. The van der Waals surface area contributed by atoms with E-state index in [0.717, 1.165) is 34.1 Å². The van der Waals surface area contributed by atoms with E-state index in [1.165, 1.54) is 119 Å². The average Bonchev–Trinajstić information content (AvgIpc) is 4.10. The van der Waals surface area contributed by atoms with E-state index in [0.29, 0.717) is 0 Å². The third-order valence-electron chi connectivity index (χ3n) is 16.5. The predicted molar refractivity (Wildman–Crippen MR) is 350 cm³/mol. The van der Waals surface area contributed by atoms with Crippen molar-refractivity contribution < 1.29 is 0 Å². The predicted octanol–water partition coefficient (Wildman–Crippen LogP) is 22.9. The second-order valence-corrected chi connectivity index (χ2v) is 22.4. The summed E-state index contributed by atoms with van der Waals surface area (Å²) in [5.74, 6) is 0. The van der Waals surface area contributed by atoms with Gasteiger partial charge in [0.15, 0.2) is 0 Å². The van der Waals surface area contributed by atoms with Crippen LogP contribution in [0.4, 0.5) is 34.1 Å². The Morgan fingerprint density at radius 1 is 0.235 bits per heavy atom. The molecule has 15 aromatic rings. The van der Waals surface area contributed by atoms with Gasteiger partial charge in [0.2, 0.25) is 0 Å². The van der Waals surface area contributed by atoms with Crippen LogP contribution in [0, 0.1) is 13.8 Å². The molecule has 0 saturated heterocycles. The first kappa shape index (κ1) is 48.1. The van der Waals surface area contributed by atoms with Crippen LogP contribution in [-0.4, -0.2) is 0 Å². The average molecular weight is 1050 g/mol. The summed E-state index contributed by atoms with van der Waals surface area (Å²) in [6.45, 7) is 4.49.